The van der Waals surface area contributed by atoms with Crippen molar-refractivity contribution >= 4 is 0 Å². The number of allylic oxidation sites excluding steroid dienone is 1. The minimum Gasteiger partial charge on any atom is -0.103 e. The molecule has 0 aromatic heterocycles. The summed E-state index contributed by atoms with van der Waals surface area (Å²) in [6, 6.07) is 0. The van der Waals surface area contributed by atoms with Crippen LogP contribution in [0, 0.1) is 16.7 Å². The normalized spacial score (nSPS) is 43.7. The van der Waals surface area contributed by atoms with Crippen molar-refractivity contribution in [3.63, 3.8) is 0 Å². The van der Waals surface area contributed by atoms with Crippen molar-refractivity contribution in [3.05, 3.63) is 12.7 Å². The molecule has 0 radical (unpaired) electrons. The van der Waals surface area contributed by atoms with Crippen LogP contribution in [0.3, 0.4) is 0 Å². The Hall–Kier alpha value is -0.260. The number of hydrogen-bond acceptors (Lipinski definition) is 0. The van der Waals surface area contributed by atoms with Crippen LogP contribution in [-0.4, -0.2) is 0 Å². The predicted octanol–water partition coefficient (Wildman–Crippen LogP) is 3.63. The van der Waals surface area contributed by atoms with Crippen LogP contribution in [0.5, 0.6) is 0 Å². The molecule has 0 amide bonds. The van der Waals surface area contributed by atoms with E-state index in [2.05, 4.69) is 40.3 Å². The fourth-order valence-corrected chi connectivity index (χ4v) is 2.20. The predicted molar refractivity (Wildman–Crippen MR) is 50.5 cm³/mol. The van der Waals surface area contributed by atoms with E-state index in [1.165, 1.54) is 12.8 Å². The van der Waals surface area contributed by atoms with Crippen molar-refractivity contribution in [1.29, 1.82) is 0 Å². The summed E-state index contributed by atoms with van der Waals surface area (Å²) in [6.45, 7) is 13.3. The largest absolute Gasteiger partial charge is 0.103 e. The number of rotatable bonds is 2. The van der Waals surface area contributed by atoms with Gasteiger partial charge in [-0.05, 0) is 29.6 Å². The monoisotopic (exact) mass is 152 g/mol. The highest BCUT2D eigenvalue weighted by Crippen LogP contribution is 2.60. The molecular formula is C11H20. The molecule has 1 rings (SSSR count). The van der Waals surface area contributed by atoms with Crippen LogP contribution in [0.4, 0.5) is 0 Å². The lowest BCUT2D eigenvalue weighted by Gasteiger charge is -2.57. The Morgan fingerprint density at radius 3 is 1.91 bits per heavy atom. The first-order valence-corrected chi connectivity index (χ1v) is 4.60. The average Bonchev–Trinajstić information content (AvgIpc) is 1.99. The van der Waals surface area contributed by atoms with Gasteiger partial charge >= 0.3 is 0 Å². The molecule has 0 aliphatic heterocycles. The van der Waals surface area contributed by atoms with Crippen LogP contribution >= 0.6 is 0 Å². The third kappa shape index (κ3) is 0.953. The zero-order valence-corrected chi connectivity index (χ0v) is 8.28. The Labute approximate surface area is 70.7 Å². The quantitative estimate of drug-likeness (QED) is 0.530. The van der Waals surface area contributed by atoms with E-state index in [-0.39, 0.29) is 0 Å². The average molecular weight is 152 g/mol. The molecule has 1 fully saturated rings. The standard InChI is InChI=1S/C11H20/c1-6-10(4)7-8-11(10,5)9(2)3/h6,9H,1,7-8H2,2-5H3. The molecule has 2 unspecified atom stereocenters. The lowest BCUT2D eigenvalue weighted by atomic mass is 9.47. The number of hydrogen-bond donors (Lipinski definition) is 0. The molecule has 0 nitrogen and oxygen atoms in total. The van der Waals surface area contributed by atoms with Gasteiger partial charge in [-0.3, -0.25) is 0 Å². The topological polar surface area (TPSA) is 0 Å². The summed E-state index contributed by atoms with van der Waals surface area (Å²) in [6.07, 6.45) is 4.84. The van der Waals surface area contributed by atoms with Crippen LogP contribution in [-0.2, 0) is 0 Å². The maximum absolute atomic E-state index is 3.93. The second kappa shape index (κ2) is 2.36. The fraction of sp³-hybridized carbons (Fsp3) is 0.818. The summed E-state index contributed by atoms with van der Waals surface area (Å²) in [4.78, 5) is 0. The Morgan fingerprint density at radius 1 is 1.27 bits per heavy atom. The van der Waals surface area contributed by atoms with Gasteiger partial charge < -0.3 is 0 Å². The first kappa shape index (κ1) is 8.83. The summed E-state index contributed by atoms with van der Waals surface area (Å²) in [5.74, 6) is 0.777. The maximum atomic E-state index is 3.93. The van der Waals surface area contributed by atoms with E-state index >= 15 is 0 Å². The van der Waals surface area contributed by atoms with Crippen LogP contribution < -0.4 is 0 Å². The fourth-order valence-electron chi connectivity index (χ4n) is 2.20. The highest BCUT2D eigenvalue weighted by Gasteiger charge is 2.51. The molecule has 1 saturated carbocycles. The molecule has 64 valence electrons. The Morgan fingerprint density at radius 2 is 1.82 bits per heavy atom. The summed E-state index contributed by atoms with van der Waals surface area (Å²) in [5, 5.41) is 0. The van der Waals surface area contributed by atoms with Crippen LogP contribution in [0.1, 0.15) is 40.5 Å². The smallest absolute Gasteiger partial charge is 0.00928 e. The lowest BCUT2D eigenvalue weighted by Crippen LogP contribution is -2.49. The molecule has 0 saturated heterocycles. The molecule has 0 aromatic carbocycles. The highest BCUT2D eigenvalue weighted by molar-refractivity contribution is 5.11. The molecule has 2 atom stereocenters. The molecule has 1 aliphatic carbocycles. The van der Waals surface area contributed by atoms with Crippen molar-refractivity contribution in [2.24, 2.45) is 16.7 Å². The SMILES string of the molecule is C=CC1(C)CCC1(C)C(C)C. The van der Waals surface area contributed by atoms with E-state index < -0.39 is 0 Å². The third-order valence-electron chi connectivity index (χ3n) is 4.19. The van der Waals surface area contributed by atoms with Gasteiger partial charge in [-0.25, -0.2) is 0 Å². The van der Waals surface area contributed by atoms with E-state index in [1.54, 1.807) is 0 Å². The second-order valence-electron chi connectivity index (χ2n) is 4.69. The van der Waals surface area contributed by atoms with Gasteiger partial charge in [0.15, 0.2) is 0 Å². The first-order chi connectivity index (χ1) is 4.96. The van der Waals surface area contributed by atoms with Crippen LogP contribution in [0.2, 0.25) is 0 Å². The lowest BCUT2D eigenvalue weighted by molar-refractivity contribution is -0.0496. The van der Waals surface area contributed by atoms with E-state index in [1.807, 2.05) is 0 Å². The van der Waals surface area contributed by atoms with Gasteiger partial charge in [-0.15, -0.1) is 6.58 Å². The minimum absolute atomic E-state index is 0.404. The molecule has 0 N–H and O–H groups in total. The van der Waals surface area contributed by atoms with E-state index in [9.17, 15) is 0 Å². The molecule has 11 heavy (non-hydrogen) atoms. The molecule has 0 heterocycles. The van der Waals surface area contributed by atoms with E-state index in [0.29, 0.717) is 10.8 Å². The Balaban J connectivity index is 2.81. The zero-order chi connectivity index (χ0) is 8.70. The highest BCUT2D eigenvalue weighted by atomic mass is 14.6. The summed E-state index contributed by atoms with van der Waals surface area (Å²) in [7, 11) is 0. The second-order valence-corrected chi connectivity index (χ2v) is 4.69. The van der Waals surface area contributed by atoms with Crippen molar-refractivity contribution in [2.45, 2.75) is 40.5 Å². The van der Waals surface area contributed by atoms with E-state index in [0.717, 1.165) is 5.92 Å². The molecule has 1 aliphatic rings. The van der Waals surface area contributed by atoms with Crippen molar-refractivity contribution < 1.29 is 0 Å². The molecule has 0 spiro atoms. The van der Waals surface area contributed by atoms with Crippen molar-refractivity contribution in [1.82, 2.24) is 0 Å². The molecule has 0 bridgehead atoms. The molecular weight excluding hydrogens is 132 g/mol. The minimum atomic E-state index is 0.404. The van der Waals surface area contributed by atoms with Crippen LogP contribution in [0.25, 0.3) is 0 Å². The maximum Gasteiger partial charge on any atom is -0.00928 e. The van der Waals surface area contributed by atoms with Gasteiger partial charge in [0.2, 0.25) is 0 Å². The Bertz CT molecular complexity index is 169. The molecule has 0 heteroatoms. The summed E-state index contributed by atoms with van der Waals surface area (Å²) >= 11 is 0. The van der Waals surface area contributed by atoms with Gasteiger partial charge in [0.05, 0.1) is 0 Å². The van der Waals surface area contributed by atoms with Crippen molar-refractivity contribution in [2.75, 3.05) is 0 Å². The first-order valence-electron chi connectivity index (χ1n) is 4.60. The van der Waals surface area contributed by atoms with Crippen molar-refractivity contribution in [3.8, 4) is 0 Å². The Kier molecular flexibility index (Phi) is 1.90. The van der Waals surface area contributed by atoms with Gasteiger partial charge in [-0.2, -0.15) is 0 Å². The summed E-state index contributed by atoms with van der Waals surface area (Å²) in [5.41, 5.74) is 0.913. The third-order valence-corrected chi connectivity index (χ3v) is 4.19. The van der Waals surface area contributed by atoms with E-state index in [4.69, 9.17) is 0 Å². The molecule has 0 aromatic rings. The van der Waals surface area contributed by atoms with Gasteiger partial charge in [0.1, 0.15) is 0 Å². The van der Waals surface area contributed by atoms with Crippen LogP contribution in [0.15, 0.2) is 12.7 Å². The zero-order valence-electron chi connectivity index (χ0n) is 8.28. The van der Waals surface area contributed by atoms with Gasteiger partial charge in [0, 0.05) is 0 Å². The van der Waals surface area contributed by atoms with Gasteiger partial charge in [0.25, 0.3) is 0 Å². The summed E-state index contributed by atoms with van der Waals surface area (Å²) < 4.78 is 0. The van der Waals surface area contributed by atoms with Gasteiger partial charge in [-0.1, -0.05) is 33.8 Å².